The molecule has 1 aromatic carbocycles. The number of esters is 1. The maximum absolute atomic E-state index is 13.4. The van der Waals surface area contributed by atoms with E-state index >= 15 is 0 Å². The molecule has 1 unspecified atom stereocenters. The van der Waals surface area contributed by atoms with Crippen LogP contribution in [0.3, 0.4) is 0 Å². The summed E-state index contributed by atoms with van der Waals surface area (Å²) in [6, 6.07) is 8.07. The smallest absolute Gasteiger partial charge is 0.313 e. The number of hydrogen-bond donors (Lipinski definition) is 0. The molecule has 1 aromatic rings. The van der Waals surface area contributed by atoms with Gasteiger partial charge in [-0.2, -0.15) is 0 Å². The van der Waals surface area contributed by atoms with Gasteiger partial charge in [0.25, 0.3) is 0 Å². The van der Waals surface area contributed by atoms with Crippen molar-refractivity contribution in [1.29, 1.82) is 0 Å². The average Bonchev–Trinajstić information content (AvgIpc) is 2.59. The van der Waals surface area contributed by atoms with Gasteiger partial charge < -0.3 is 9.47 Å². The fraction of sp³-hybridized carbons (Fsp3) is 0.682. The third-order valence-electron chi connectivity index (χ3n) is 5.94. The Morgan fingerprint density at radius 3 is 2.32 bits per heavy atom. The lowest BCUT2D eigenvalue weighted by molar-refractivity contribution is -0.170. The fourth-order valence-electron chi connectivity index (χ4n) is 4.57. The van der Waals surface area contributed by atoms with Crippen molar-refractivity contribution in [2.24, 2.45) is 16.7 Å². The molecular weight excluding hydrogens is 312 g/mol. The van der Waals surface area contributed by atoms with Crippen LogP contribution in [0.5, 0.6) is 5.75 Å². The largest absolute Gasteiger partial charge is 0.496 e. The molecule has 1 atom stereocenters. The molecule has 0 aromatic heterocycles. The number of benzene rings is 1. The third kappa shape index (κ3) is 4.02. The summed E-state index contributed by atoms with van der Waals surface area (Å²) in [5, 5.41) is 0. The average molecular weight is 347 g/mol. The van der Waals surface area contributed by atoms with Gasteiger partial charge in [0.05, 0.1) is 19.1 Å². The monoisotopic (exact) mass is 346 g/mol. The maximum Gasteiger partial charge on any atom is 0.313 e. The number of rotatable bonds is 6. The van der Waals surface area contributed by atoms with Crippen LogP contribution in [0.15, 0.2) is 24.3 Å². The Morgan fingerprint density at radius 1 is 1.12 bits per heavy atom. The Balaban J connectivity index is 2.53. The van der Waals surface area contributed by atoms with Gasteiger partial charge in [0.2, 0.25) is 0 Å². The van der Waals surface area contributed by atoms with Crippen LogP contribution in [0.4, 0.5) is 0 Å². The first-order valence-corrected chi connectivity index (χ1v) is 9.66. The Kier molecular flexibility index (Phi) is 6.53. The molecule has 140 valence electrons. The summed E-state index contributed by atoms with van der Waals surface area (Å²) in [4.78, 5) is 13.4. The Hall–Kier alpha value is -1.51. The first kappa shape index (κ1) is 19.8. The van der Waals surface area contributed by atoms with E-state index in [2.05, 4.69) is 26.8 Å². The molecule has 2 rings (SSSR count). The number of hydrogen-bond acceptors (Lipinski definition) is 3. The van der Waals surface area contributed by atoms with E-state index < -0.39 is 5.41 Å². The van der Waals surface area contributed by atoms with Crippen molar-refractivity contribution >= 4 is 5.97 Å². The lowest BCUT2D eigenvalue weighted by Crippen LogP contribution is -2.52. The molecule has 3 heteroatoms. The molecule has 1 saturated carbocycles. The van der Waals surface area contributed by atoms with Gasteiger partial charge in [0.15, 0.2) is 0 Å². The predicted octanol–water partition coefficient (Wildman–Crippen LogP) is 5.41. The van der Waals surface area contributed by atoms with Crippen molar-refractivity contribution in [1.82, 2.24) is 0 Å². The van der Waals surface area contributed by atoms with Gasteiger partial charge in [0.1, 0.15) is 5.75 Å². The van der Waals surface area contributed by atoms with Crippen molar-refractivity contribution in [3.05, 3.63) is 29.8 Å². The van der Waals surface area contributed by atoms with Crippen LogP contribution in [0.2, 0.25) is 0 Å². The first-order valence-electron chi connectivity index (χ1n) is 9.66. The second kappa shape index (κ2) is 8.25. The van der Waals surface area contributed by atoms with Gasteiger partial charge in [-0.05, 0) is 49.1 Å². The zero-order chi connectivity index (χ0) is 18.5. The second-order valence-electron chi connectivity index (χ2n) is 8.27. The highest BCUT2D eigenvalue weighted by Crippen LogP contribution is 2.53. The van der Waals surface area contributed by atoms with Crippen molar-refractivity contribution < 1.29 is 14.3 Å². The van der Waals surface area contributed by atoms with E-state index in [1.54, 1.807) is 7.11 Å². The second-order valence-corrected chi connectivity index (χ2v) is 8.27. The molecule has 1 aliphatic carbocycles. The zero-order valence-corrected chi connectivity index (χ0v) is 16.6. The van der Waals surface area contributed by atoms with Gasteiger partial charge >= 0.3 is 5.97 Å². The number of carbonyl (C=O) groups is 1. The highest BCUT2D eigenvalue weighted by atomic mass is 16.5. The van der Waals surface area contributed by atoms with E-state index in [1.807, 2.05) is 25.1 Å². The number of ether oxygens (including phenoxy) is 2. The standard InChI is InChI=1S/C22H34O3/c1-6-25-20(23)22(21(2,3)4,18-13-8-7-9-14-18)16-17-12-10-11-15-19(17)24-5/h10-12,15,18H,6-9,13-14,16H2,1-5H3. The van der Waals surface area contributed by atoms with E-state index in [4.69, 9.17) is 9.47 Å². The Bertz CT molecular complexity index is 567. The van der Waals surface area contributed by atoms with Crippen LogP contribution in [0, 0.1) is 16.7 Å². The summed E-state index contributed by atoms with van der Waals surface area (Å²) in [7, 11) is 1.70. The van der Waals surface area contributed by atoms with E-state index in [-0.39, 0.29) is 11.4 Å². The minimum Gasteiger partial charge on any atom is -0.496 e. The quantitative estimate of drug-likeness (QED) is 0.646. The summed E-state index contributed by atoms with van der Waals surface area (Å²) < 4.78 is 11.2. The number of carbonyl (C=O) groups excluding carboxylic acids is 1. The fourth-order valence-corrected chi connectivity index (χ4v) is 4.57. The number of methoxy groups -OCH3 is 1. The molecular formula is C22H34O3. The van der Waals surface area contributed by atoms with E-state index in [0.29, 0.717) is 18.9 Å². The maximum atomic E-state index is 13.4. The van der Waals surface area contributed by atoms with Gasteiger partial charge in [-0.25, -0.2) is 0 Å². The third-order valence-corrected chi connectivity index (χ3v) is 5.94. The molecule has 1 fully saturated rings. The lowest BCUT2D eigenvalue weighted by atomic mass is 9.54. The van der Waals surface area contributed by atoms with Crippen LogP contribution >= 0.6 is 0 Å². The van der Waals surface area contributed by atoms with Gasteiger partial charge in [-0.1, -0.05) is 58.2 Å². The number of para-hydroxylation sites is 1. The molecule has 0 spiro atoms. The van der Waals surface area contributed by atoms with E-state index in [0.717, 1.165) is 24.2 Å². The zero-order valence-electron chi connectivity index (χ0n) is 16.6. The van der Waals surface area contributed by atoms with Gasteiger partial charge in [-0.3, -0.25) is 4.79 Å². The Labute approximate surface area is 153 Å². The van der Waals surface area contributed by atoms with Crippen molar-refractivity contribution in [3.8, 4) is 5.75 Å². The topological polar surface area (TPSA) is 35.5 Å². The highest BCUT2D eigenvalue weighted by molar-refractivity contribution is 5.79. The van der Waals surface area contributed by atoms with Crippen molar-refractivity contribution in [2.45, 2.75) is 66.2 Å². The van der Waals surface area contributed by atoms with Crippen LogP contribution in [0.25, 0.3) is 0 Å². The van der Waals surface area contributed by atoms with Gasteiger partial charge in [0, 0.05) is 0 Å². The molecule has 0 radical (unpaired) electrons. The van der Waals surface area contributed by atoms with E-state index in [1.165, 1.54) is 19.3 Å². The molecule has 0 amide bonds. The SMILES string of the molecule is CCOC(=O)C(Cc1ccccc1OC)(C1CCCCC1)C(C)(C)C. The van der Waals surface area contributed by atoms with Crippen LogP contribution < -0.4 is 4.74 Å². The molecule has 0 saturated heterocycles. The molecule has 0 aliphatic heterocycles. The van der Waals surface area contributed by atoms with Crippen LogP contribution in [-0.2, 0) is 16.0 Å². The predicted molar refractivity (Wildman–Crippen MR) is 102 cm³/mol. The van der Waals surface area contributed by atoms with Crippen LogP contribution in [0.1, 0.15) is 65.4 Å². The van der Waals surface area contributed by atoms with Crippen LogP contribution in [-0.4, -0.2) is 19.7 Å². The molecule has 3 nitrogen and oxygen atoms in total. The molecule has 0 bridgehead atoms. The van der Waals surface area contributed by atoms with Gasteiger partial charge in [-0.15, -0.1) is 0 Å². The molecule has 1 aliphatic rings. The summed E-state index contributed by atoms with van der Waals surface area (Å²) in [6.45, 7) is 8.89. The summed E-state index contributed by atoms with van der Waals surface area (Å²) >= 11 is 0. The van der Waals surface area contributed by atoms with Crippen molar-refractivity contribution in [2.75, 3.05) is 13.7 Å². The summed E-state index contributed by atoms with van der Waals surface area (Å²) in [5.74, 6) is 1.17. The van der Waals surface area contributed by atoms with E-state index in [9.17, 15) is 4.79 Å². The molecule has 0 heterocycles. The minimum absolute atomic E-state index is 0.0414. The normalized spacial score (nSPS) is 18.4. The first-order chi connectivity index (χ1) is 11.9. The molecule has 25 heavy (non-hydrogen) atoms. The lowest BCUT2D eigenvalue weighted by Gasteiger charge is -2.49. The summed E-state index contributed by atoms with van der Waals surface area (Å²) in [6.07, 6.45) is 6.55. The minimum atomic E-state index is -0.530. The van der Waals surface area contributed by atoms with Crippen molar-refractivity contribution in [3.63, 3.8) is 0 Å². The summed E-state index contributed by atoms with van der Waals surface area (Å²) in [5.41, 5.74) is 0.374. The molecule has 0 N–H and O–H groups in total. The Morgan fingerprint density at radius 2 is 1.76 bits per heavy atom. The highest BCUT2D eigenvalue weighted by Gasteiger charge is 2.55.